The van der Waals surface area contributed by atoms with Gasteiger partial charge >= 0.3 is 0 Å². The fourth-order valence-corrected chi connectivity index (χ4v) is 2.64. The highest BCUT2D eigenvalue weighted by Gasteiger charge is 2.17. The van der Waals surface area contributed by atoms with Crippen LogP contribution in [0.5, 0.6) is 0 Å². The summed E-state index contributed by atoms with van der Waals surface area (Å²) in [5.74, 6) is 0.500. The lowest BCUT2D eigenvalue weighted by molar-refractivity contribution is 0.234. The van der Waals surface area contributed by atoms with Crippen molar-refractivity contribution in [2.75, 3.05) is 20.1 Å². The molecule has 0 bridgehead atoms. The van der Waals surface area contributed by atoms with Crippen molar-refractivity contribution < 1.29 is 0 Å². The van der Waals surface area contributed by atoms with E-state index < -0.39 is 0 Å². The van der Waals surface area contributed by atoms with Crippen LogP contribution in [0.4, 0.5) is 0 Å². The van der Waals surface area contributed by atoms with E-state index in [2.05, 4.69) is 42.4 Å². The summed E-state index contributed by atoms with van der Waals surface area (Å²) in [4.78, 5) is 2.40. The van der Waals surface area contributed by atoms with Gasteiger partial charge in [0.2, 0.25) is 0 Å². The molecule has 0 radical (unpaired) electrons. The Kier molecular flexibility index (Phi) is 4.40. The molecule has 2 rings (SSSR count). The van der Waals surface area contributed by atoms with Crippen LogP contribution >= 0.6 is 0 Å². The molecular formula is C14H26N4. The molecule has 0 saturated carbocycles. The molecule has 4 nitrogen and oxygen atoms in total. The maximum Gasteiger partial charge on any atom is 0.0694 e. The van der Waals surface area contributed by atoms with Crippen LogP contribution in [0.25, 0.3) is 0 Å². The van der Waals surface area contributed by atoms with Crippen LogP contribution in [-0.4, -0.2) is 40.9 Å². The third-order valence-corrected chi connectivity index (χ3v) is 3.78. The van der Waals surface area contributed by atoms with Crippen LogP contribution < -0.4 is 5.32 Å². The standard InChI is InChI=1S/C14H26N4/c1-11(2)14-12(10-18(4)16-14)9-15-13-5-7-17(3)8-6-13/h10-11,13,15H,5-9H2,1-4H3. The Morgan fingerprint density at radius 1 is 1.33 bits per heavy atom. The minimum atomic E-state index is 0.500. The third kappa shape index (κ3) is 3.33. The van der Waals surface area contributed by atoms with Crippen molar-refractivity contribution in [2.45, 2.75) is 45.2 Å². The second-order valence-electron chi connectivity index (χ2n) is 5.83. The van der Waals surface area contributed by atoms with E-state index in [1.807, 2.05) is 11.7 Å². The Morgan fingerprint density at radius 3 is 2.61 bits per heavy atom. The fourth-order valence-electron chi connectivity index (χ4n) is 2.64. The van der Waals surface area contributed by atoms with Gasteiger partial charge in [-0.2, -0.15) is 5.10 Å². The predicted molar refractivity (Wildman–Crippen MR) is 74.7 cm³/mol. The Bertz CT molecular complexity index is 375. The Morgan fingerprint density at radius 2 is 2.00 bits per heavy atom. The molecule has 0 aromatic carbocycles. The smallest absolute Gasteiger partial charge is 0.0694 e. The molecule has 0 amide bonds. The van der Waals surface area contributed by atoms with Crippen LogP contribution in [0.3, 0.4) is 0 Å². The first-order valence-electron chi connectivity index (χ1n) is 7.00. The number of nitrogens with one attached hydrogen (secondary N) is 1. The number of rotatable bonds is 4. The predicted octanol–water partition coefficient (Wildman–Crippen LogP) is 1.73. The van der Waals surface area contributed by atoms with Crippen molar-refractivity contribution in [3.63, 3.8) is 0 Å². The van der Waals surface area contributed by atoms with E-state index in [4.69, 9.17) is 0 Å². The molecule has 4 heteroatoms. The number of aromatic nitrogens is 2. The van der Waals surface area contributed by atoms with Gasteiger partial charge in [0.1, 0.15) is 0 Å². The largest absolute Gasteiger partial charge is 0.310 e. The SMILES string of the molecule is CC(C)c1nn(C)cc1CNC1CCN(C)CC1. The molecule has 1 aromatic heterocycles. The molecule has 1 aliphatic rings. The van der Waals surface area contributed by atoms with Gasteiger partial charge in [0.25, 0.3) is 0 Å². The summed E-state index contributed by atoms with van der Waals surface area (Å²) >= 11 is 0. The number of hydrogen-bond acceptors (Lipinski definition) is 3. The summed E-state index contributed by atoms with van der Waals surface area (Å²) in [7, 11) is 4.21. The zero-order valence-electron chi connectivity index (χ0n) is 12.1. The molecule has 0 spiro atoms. The first kappa shape index (κ1) is 13.6. The topological polar surface area (TPSA) is 33.1 Å². The normalized spacial score (nSPS) is 18.7. The average Bonchev–Trinajstić information content (AvgIpc) is 2.70. The van der Waals surface area contributed by atoms with Gasteiger partial charge < -0.3 is 10.2 Å². The highest BCUT2D eigenvalue weighted by molar-refractivity contribution is 5.20. The molecule has 1 saturated heterocycles. The van der Waals surface area contributed by atoms with E-state index >= 15 is 0 Å². The molecule has 1 aromatic rings. The van der Waals surface area contributed by atoms with Crippen molar-refractivity contribution in [2.24, 2.45) is 7.05 Å². The van der Waals surface area contributed by atoms with E-state index in [9.17, 15) is 0 Å². The van der Waals surface area contributed by atoms with E-state index in [-0.39, 0.29) is 0 Å². The number of hydrogen-bond donors (Lipinski definition) is 1. The molecule has 18 heavy (non-hydrogen) atoms. The second kappa shape index (κ2) is 5.85. The van der Waals surface area contributed by atoms with Gasteiger partial charge in [-0.05, 0) is 38.9 Å². The monoisotopic (exact) mass is 250 g/mol. The number of nitrogens with zero attached hydrogens (tertiary/aromatic N) is 3. The summed E-state index contributed by atoms with van der Waals surface area (Å²) < 4.78 is 1.93. The van der Waals surface area contributed by atoms with Gasteiger partial charge in [-0.15, -0.1) is 0 Å². The number of piperidine rings is 1. The van der Waals surface area contributed by atoms with Gasteiger partial charge in [0.05, 0.1) is 5.69 Å². The summed E-state index contributed by atoms with van der Waals surface area (Å²) in [5.41, 5.74) is 2.59. The zero-order chi connectivity index (χ0) is 13.1. The molecule has 0 atom stereocenters. The molecule has 2 heterocycles. The number of aryl methyl sites for hydroxylation is 1. The van der Waals surface area contributed by atoms with E-state index in [0.717, 1.165) is 6.54 Å². The minimum absolute atomic E-state index is 0.500. The quantitative estimate of drug-likeness (QED) is 0.883. The van der Waals surface area contributed by atoms with Crippen molar-refractivity contribution in [3.05, 3.63) is 17.5 Å². The van der Waals surface area contributed by atoms with Gasteiger partial charge in [-0.1, -0.05) is 13.8 Å². The van der Waals surface area contributed by atoms with Gasteiger partial charge in [0, 0.05) is 31.4 Å². The maximum absolute atomic E-state index is 4.55. The zero-order valence-corrected chi connectivity index (χ0v) is 12.1. The molecule has 0 aliphatic carbocycles. The van der Waals surface area contributed by atoms with Gasteiger partial charge in [-0.25, -0.2) is 0 Å². The first-order valence-corrected chi connectivity index (χ1v) is 7.00. The van der Waals surface area contributed by atoms with Crippen LogP contribution in [-0.2, 0) is 13.6 Å². The highest BCUT2D eigenvalue weighted by atomic mass is 15.3. The number of likely N-dealkylation sites (tertiary alicyclic amines) is 1. The summed E-state index contributed by atoms with van der Waals surface area (Å²) in [6.45, 7) is 7.79. The van der Waals surface area contributed by atoms with E-state index in [0.29, 0.717) is 12.0 Å². The Balaban J connectivity index is 1.90. The van der Waals surface area contributed by atoms with Crippen LogP contribution in [0, 0.1) is 0 Å². The van der Waals surface area contributed by atoms with E-state index in [1.165, 1.54) is 37.2 Å². The van der Waals surface area contributed by atoms with Gasteiger partial charge in [0.15, 0.2) is 0 Å². The van der Waals surface area contributed by atoms with Crippen LogP contribution in [0.15, 0.2) is 6.20 Å². The van der Waals surface area contributed by atoms with Crippen LogP contribution in [0.2, 0.25) is 0 Å². The average molecular weight is 250 g/mol. The molecular weight excluding hydrogens is 224 g/mol. The Hall–Kier alpha value is -0.870. The lowest BCUT2D eigenvalue weighted by Gasteiger charge is -2.29. The summed E-state index contributed by atoms with van der Waals surface area (Å²) in [5, 5.41) is 8.24. The maximum atomic E-state index is 4.55. The first-order chi connectivity index (χ1) is 8.56. The molecule has 1 fully saturated rings. The molecule has 1 N–H and O–H groups in total. The highest BCUT2D eigenvalue weighted by Crippen LogP contribution is 2.18. The minimum Gasteiger partial charge on any atom is -0.310 e. The van der Waals surface area contributed by atoms with Crippen molar-refractivity contribution in [1.82, 2.24) is 20.0 Å². The lowest BCUT2D eigenvalue weighted by Crippen LogP contribution is -2.40. The van der Waals surface area contributed by atoms with Crippen molar-refractivity contribution in [1.29, 1.82) is 0 Å². The summed E-state index contributed by atoms with van der Waals surface area (Å²) in [6, 6.07) is 0.668. The van der Waals surface area contributed by atoms with Crippen LogP contribution in [0.1, 0.15) is 43.9 Å². The van der Waals surface area contributed by atoms with E-state index in [1.54, 1.807) is 0 Å². The second-order valence-corrected chi connectivity index (χ2v) is 5.83. The van der Waals surface area contributed by atoms with Crippen molar-refractivity contribution in [3.8, 4) is 0 Å². The fraction of sp³-hybridized carbons (Fsp3) is 0.786. The van der Waals surface area contributed by atoms with Crippen molar-refractivity contribution >= 4 is 0 Å². The lowest BCUT2D eigenvalue weighted by atomic mass is 10.0. The third-order valence-electron chi connectivity index (χ3n) is 3.78. The van der Waals surface area contributed by atoms with Gasteiger partial charge in [-0.3, -0.25) is 4.68 Å². The molecule has 0 unspecified atom stereocenters. The molecule has 1 aliphatic heterocycles. The Labute approximate surface area is 110 Å². The summed E-state index contributed by atoms with van der Waals surface area (Å²) in [6.07, 6.45) is 4.67. The molecule has 102 valence electrons.